The van der Waals surface area contributed by atoms with Gasteiger partial charge in [-0.05, 0) is 35.8 Å². The highest BCUT2D eigenvalue weighted by Gasteiger charge is 2.17. The number of ether oxygens (including phenoxy) is 1. The first-order chi connectivity index (χ1) is 7.45. The molecule has 0 bridgehead atoms. The molecule has 0 unspecified atom stereocenters. The molecule has 0 aliphatic rings. The second-order valence-corrected chi connectivity index (χ2v) is 4.26. The molecule has 0 aromatic heterocycles. The molecular weight excluding hydrogens is 276 g/mol. The van der Waals surface area contributed by atoms with E-state index in [1.807, 2.05) is 13.8 Å². The van der Waals surface area contributed by atoms with E-state index in [2.05, 4.69) is 15.9 Å². The van der Waals surface area contributed by atoms with Gasteiger partial charge in [-0.15, -0.1) is 0 Å². The summed E-state index contributed by atoms with van der Waals surface area (Å²) in [6.45, 7) is 3.67. The predicted octanol–water partition coefficient (Wildman–Crippen LogP) is 3.14. The molecule has 1 N–H and O–H groups in total. The van der Waals surface area contributed by atoms with Crippen molar-refractivity contribution in [2.75, 3.05) is 0 Å². The van der Waals surface area contributed by atoms with Crippen LogP contribution < -0.4 is 4.74 Å². The third-order valence-electron chi connectivity index (χ3n) is 1.80. The number of nitro groups is 1. The Kier molecular flexibility index (Phi) is 4.00. The number of rotatable bonds is 4. The van der Waals surface area contributed by atoms with Crippen molar-refractivity contribution >= 4 is 27.8 Å². The molecule has 0 fully saturated rings. The molecule has 1 rings (SSSR count). The lowest BCUT2D eigenvalue weighted by molar-refractivity contribution is -0.385. The monoisotopic (exact) mass is 286 g/mol. The molecular formula is C10H11BrN2O3. The zero-order valence-electron chi connectivity index (χ0n) is 8.86. The van der Waals surface area contributed by atoms with Gasteiger partial charge in [-0.2, -0.15) is 0 Å². The molecule has 1 aromatic carbocycles. The van der Waals surface area contributed by atoms with Crippen LogP contribution >= 0.6 is 15.9 Å². The molecule has 0 aliphatic heterocycles. The molecule has 16 heavy (non-hydrogen) atoms. The van der Waals surface area contributed by atoms with Gasteiger partial charge in [-0.25, -0.2) is 0 Å². The molecule has 0 amide bonds. The van der Waals surface area contributed by atoms with Crippen LogP contribution in [-0.2, 0) is 0 Å². The Labute approximate surface area is 101 Å². The van der Waals surface area contributed by atoms with Crippen LogP contribution in [0.4, 0.5) is 5.69 Å². The third kappa shape index (κ3) is 2.79. The topological polar surface area (TPSA) is 76.2 Å². The van der Waals surface area contributed by atoms with Gasteiger partial charge in [0.25, 0.3) is 5.69 Å². The van der Waals surface area contributed by atoms with E-state index in [0.29, 0.717) is 10.2 Å². The van der Waals surface area contributed by atoms with E-state index in [-0.39, 0.29) is 17.4 Å². The van der Waals surface area contributed by atoms with E-state index in [9.17, 15) is 10.1 Å². The minimum Gasteiger partial charge on any atom is -0.490 e. The van der Waals surface area contributed by atoms with Crippen LogP contribution in [0.2, 0.25) is 0 Å². The molecule has 6 heteroatoms. The van der Waals surface area contributed by atoms with E-state index >= 15 is 0 Å². The quantitative estimate of drug-likeness (QED) is 0.525. The van der Waals surface area contributed by atoms with Crippen LogP contribution in [0.25, 0.3) is 0 Å². The molecule has 0 aliphatic carbocycles. The molecule has 0 spiro atoms. The van der Waals surface area contributed by atoms with Crippen LogP contribution in [0, 0.1) is 15.5 Å². The highest BCUT2D eigenvalue weighted by molar-refractivity contribution is 9.10. The Morgan fingerprint density at radius 1 is 1.56 bits per heavy atom. The van der Waals surface area contributed by atoms with Crippen LogP contribution in [0.1, 0.15) is 19.4 Å². The molecule has 0 saturated carbocycles. The molecule has 0 radical (unpaired) electrons. The highest BCUT2D eigenvalue weighted by Crippen LogP contribution is 2.32. The molecule has 1 aromatic rings. The van der Waals surface area contributed by atoms with Crippen molar-refractivity contribution in [2.45, 2.75) is 20.0 Å². The fraction of sp³-hybridized carbons (Fsp3) is 0.300. The third-order valence-corrected chi connectivity index (χ3v) is 2.42. The smallest absolute Gasteiger partial charge is 0.281 e. The number of hydrogen-bond donors (Lipinski definition) is 1. The van der Waals surface area contributed by atoms with Crippen molar-refractivity contribution in [3.8, 4) is 5.75 Å². The van der Waals surface area contributed by atoms with Gasteiger partial charge in [0.15, 0.2) is 0 Å². The van der Waals surface area contributed by atoms with Crippen LogP contribution in [0.3, 0.4) is 0 Å². The first kappa shape index (κ1) is 12.6. The maximum atomic E-state index is 10.8. The van der Waals surface area contributed by atoms with Gasteiger partial charge in [0.1, 0.15) is 5.75 Å². The Morgan fingerprint density at radius 2 is 2.19 bits per heavy atom. The van der Waals surface area contributed by atoms with Crippen molar-refractivity contribution in [1.29, 1.82) is 5.41 Å². The second kappa shape index (κ2) is 5.07. The first-order valence-electron chi connectivity index (χ1n) is 4.60. The lowest BCUT2D eigenvalue weighted by Crippen LogP contribution is -2.07. The van der Waals surface area contributed by atoms with Gasteiger partial charge in [0, 0.05) is 6.21 Å². The van der Waals surface area contributed by atoms with Gasteiger partial charge >= 0.3 is 0 Å². The first-order valence-corrected chi connectivity index (χ1v) is 5.40. The maximum Gasteiger partial charge on any atom is 0.281 e. The van der Waals surface area contributed by atoms with Crippen molar-refractivity contribution in [3.05, 3.63) is 32.3 Å². The summed E-state index contributed by atoms with van der Waals surface area (Å²) >= 11 is 3.25. The number of halogens is 1. The zero-order chi connectivity index (χ0) is 12.3. The van der Waals surface area contributed by atoms with E-state index in [0.717, 1.165) is 6.21 Å². The number of nitrogens with one attached hydrogen (secondary N) is 1. The summed E-state index contributed by atoms with van der Waals surface area (Å²) in [5.74, 6) is 0.410. The van der Waals surface area contributed by atoms with Gasteiger partial charge < -0.3 is 10.1 Å². The summed E-state index contributed by atoms with van der Waals surface area (Å²) in [6.07, 6.45) is 0.879. The Balaban J connectivity index is 3.27. The average Bonchev–Trinajstić information content (AvgIpc) is 2.19. The Hall–Kier alpha value is -1.43. The predicted molar refractivity (Wildman–Crippen MR) is 64.4 cm³/mol. The summed E-state index contributed by atoms with van der Waals surface area (Å²) in [7, 11) is 0. The summed E-state index contributed by atoms with van der Waals surface area (Å²) in [6, 6.07) is 2.83. The van der Waals surface area contributed by atoms with E-state index in [1.165, 1.54) is 12.1 Å². The van der Waals surface area contributed by atoms with Crippen molar-refractivity contribution in [1.82, 2.24) is 0 Å². The maximum absolute atomic E-state index is 10.8. The molecule has 0 atom stereocenters. The van der Waals surface area contributed by atoms with Crippen LogP contribution in [-0.4, -0.2) is 17.2 Å². The Morgan fingerprint density at radius 3 is 2.62 bits per heavy atom. The summed E-state index contributed by atoms with van der Waals surface area (Å²) in [5, 5.41) is 17.9. The van der Waals surface area contributed by atoms with Gasteiger partial charge in [-0.3, -0.25) is 10.1 Å². The normalized spacial score (nSPS) is 10.2. The lowest BCUT2D eigenvalue weighted by atomic mass is 10.2. The van der Waals surface area contributed by atoms with Crippen LogP contribution in [0.5, 0.6) is 5.75 Å². The standard InChI is InChI=1S/C10H11BrN2O3/c1-6(2)16-10-4-9(13(14)15)7(5-12)3-8(10)11/h3-6,12H,1-2H3. The van der Waals surface area contributed by atoms with Gasteiger partial charge in [-0.1, -0.05) is 0 Å². The lowest BCUT2D eigenvalue weighted by Gasteiger charge is -2.11. The van der Waals surface area contributed by atoms with Gasteiger partial charge in [0.2, 0.25) is 0 Å². The number of nitrogens with zero attached hydrogens (tertiary/aromatic N) is 1. The fourth-order valence-electron chi connectivity index (χ4n) is 1.18. The average molecular weight is 287 g/mol. The summed E-state index contributed by atoms with van der Waals surface area (Å²) < 4.78 is 6.01. The van der Waals surface area contributed by atoms with E-state index in [4.69, 9.17) is 10.1 Å². The number of hydrogen-bond acceptors (Lipinski definition) is 4. The zero-order valence-corrected chi connectivity index (χ0v) is 10.4. The summed E-state index contributed by atoms with van der Waals surface area (Å²) in [5.41, 5.74) is 0.113. The second-order valence-electron chi connectivity index (χ2n) is 3.41. The highest BCUT2D eigenvalue weighted by atomic mass is 79.9. The number of nitro benzene ring substituents is 1. The van der Waals surface area contributed by atoms with Crippen molar-refractivity contribution in [2.24, 2.45) is 0 Å². The summed E-state index contributed by atoms with van der Waals surface area (Å²) in [4.78, 5) is 10.2. The SMILES string of the molecule is CC(C)Oc1cc([N+](=O)[O-])c(C=N)cc1Br. The van der Waals surface area contributed by atoms with Crippen LogP contribution in [0.15, 0.2) is 16.6 Å². The molecule has 86 valence electrons. The molecule has 0 heterocycles. The largest absolute Gasteiger partial charge is 0.490 e. The van der Waals surface area contributed by atoms with E-state index < -0.39 is 4.92 Å². The fourth-order valence-corrected chi connectivity index (χ4v) is 1.63. The minimum absolute atomic E-state index is 0.0678. The molecule has 5 nitrogen and oxygen atoms in total. The van der Waals surface area contributed by atoms with Gasteiger partial charge in [0.05, 0.1) is 27.1 Å². The number of benzene rings is 1. The van der Waals surface area contributed by atoms with Crippen molar-refractivity contribution in [3.63, 3.8) is 0 Å². The van der Waals surface area contributed by atoms with Crippen molar-refractivity contribution < 1.29 is 9.66 Å². The molecule has 0 saturated heterocycles. The van der Waals surface area contributed by atoms with E-state index in [1.54, 1.807) is 0 Å². The Bertz CT molecular complexity index is 432. The minimum atomic E-state index is -0.528.